The van der Waals surface area contributed by atoms with E-state index in [9.17, 15) is 12.8 Å². The molecule has 48 heavy (non-hydrogen) atoms. The largest absolute Gasteiger partial charge is 0.496 e. The molecule has 0 aliphatic heterocycles. The monoisotopic (exact) mass is 702 g/mol. The van der Waals surface area contributed by atoms with E-state index < -0.39 is 10.3 Å². The lowest BCUT2D eigenvalue weighted by atomic mass is 10.1. The van der Waals surface area contributed by atoms with Gasteiger partial charge in [-0.15, -0.1) is 11.3 Å². The summed E-state index contributed by atoms with van der Waals surface area (Å²) in [6, 6.07) is 20.8. The molecule has 1 N–H and O–H groups in total. The highest BCUT2D eigenvalue weighted by Gasteiger charge is 2.17. The van der Waals surface area contributed by atoms with E-state index in [-0.39, 0.29) is 12.4 Å². The minimum atomic E-state index is -2.37. The number of methoxy groups -OCH3 is 1. The molecule has 0 aliphatic rings. The molecule has 0 spiro atoms. The molecule has 0 aliphatic carbocycles. The van der Waals surface area contributed by atoms with Gasteiger partial charge in [0.05, 0.1) is 29.9 Å². The third-order valence-corrected chi connectivity index (χ3v) is 8.82. The maximum atomic E-state index is 13.5. The SMILES string of the molecule is COc1cc2ncnc(Nc3ccc(OCc4cccc(F)c4)c(Cl)c3)c2cc1-c1csc(CN(C=S(=O)=O)CCc2ccccn2)n1. The molecule has 10 nitrogen and oxygen atoms in total. The quantitative estimate of drug-likeness (QED) is 0.127. The van der Waals surface area contributed by atoms with E-state index in [4.69, 9.17) is 26.1 Å². The molecular formula is C34H28ClFN6O4S2. The smallest absolute Gasteiger partial charge is 0.225 e. The van der Waals surface area contributed by atoms with Crippen LogP contribution in [-0.4, -0.2) is 52.4 Å². The van der Waals surface area contributed by atoms with E-state index >= 15 is 0 Å². The van der Waals surface area contributed by atoms with Crippen LogP contribution in [0.4, 0.5) is 15.9 Å². The van der Waals surface area contributed by atoms with Crippen LogP contribution in [0, 0.1) is 5.82 Å². The van der Waals surface area contributed by atoms with Crippen LogP contribution in [-0.2, 0) is 29.9 Å². The molecule has 0 amide bonds. The molecule has 6 aromatic rings. The molecule has 244 valence electrons. The number of nitrogens with one attached hydrogen (secondary N) is 1. The highest BCUT2D eigenvalue weighted by Crippen LogP contribution is 2.37. The van der Waals surface area contributed by atoms with Crippen molar-refractivity contribution in [1.82, 2.24) is 24.8 Å². The van der Waals surface area contributed by atoms with Crippen molar-refractivity contribution in [2.75, 3.05) is 19.0 Å². The Kier molecular flexibility index (Phi) is 10.5. The summed E-state index contributed by atoms with van der Waals surface area (Å²) < 4.78 is 48.2. The number of aromatic nitrogens is 4. The van der Waals surface area contributed by atoms with Gasteiger partial charge >= 0.3 is 0 Å². The molecule has 0 fully saturated rings. The van der Waals surface area contributed by atoms with Gasteiger partial charge in [-0.3, -0.25) is 9.88 Å². The van der Waals surface area contributed by atoms with Crippen LogP contribution in [0.1, 0.15) is 16.3 Å². The zero-order valence-corrected chi connectivity index (χ0v) is 27.9. The number of anilines is 2. The lowest BCUT2D eigenvalue weighted by Crippen LogP contribution is -2.24. The van der Waals surface area contributed by atoms with Crippen molar-refractivity contribution < 1.29 is 22.3 Å². The molecular weight excluding hydrogens is 675 g/mol. The van der Waals surface area contributed by atoms with Gasteiger partial charge in [0, 0.05) is 52.9 Å². The van der Waals surface area contributed by atoms with Crippen LogP contribution >= 0.6 is 22.9 Å². The molecule has 3 heterocycles. The molecule has 3 aromatic carbocycles. The lowest BCUT2D eigenvalue weighted by Gasteiger charge is -2.14. The van der Waals surface area contributed by atoms with Gasteiger partial charge in [0.2, 0.25) is 10.3 Å². The van der Waals surface area contributed by atoms with Crippen LogP contribution < -0.4 is 14.8 Å². The zero-order chi connectivity index (χ0) is 33.5. The summed E-state index contributed by atoms with van der Waals surface area (Å²) in [6.07, 6.45) is 3.75. The maximum absolute atomic E-state index is 13.5. The molecule has 3 aromatic heterocycles. The summed E-state index contributed by atoms with van der Waals surface area (Å²) >= 11 is 7.96. The first-order chi connectivity index (χ1) is 23.3. The Morgan fingerprint density at radius 2 is 1.92 bits per heavy atom. The standard InChI is InChI=1S/C34H28ClFN6O4S2/c1-45-32-16-29-27(15-26(32)30-19-47-33(41-30)17-42(21-48(43)44)12-10-24-7-2-3-11-37-24)34(39-20-38-29)40-25-8-9-31(28(35)14-25)46-18-22-5-4-6-23(36)13-22/h2-9,11,13-16,19-21H,10,12,17-18H2,1H3,(H,38,39,40). The number of thiazole rings is 1. The van der Waals surface area contributed by atoms with Crippen molar-refractivity contribution in [3.63, 3.8) is 0 Å². The first-order valence-electron chi connectivity index (χ1n) is 14.6. The minimum Gasteiger partial charge on any atom is -0.496 e. The Morgan fingerprint density at radius 1 is 1.02 bits per heavy atom. The minimum absolute atomic E-state index is 0.170. The van der Waals surface area contributed by atoms with E-state index in [0.717, 1.165) is 21.7 Å². The lowest BCUT2D eigenvalue weighted by molar-refractivity contribution is 0.306. The highest BCUT2D eigenvalue weighted by atomic mass is 35.5. The third kappa shape index (κ3) is 8.30. The summed E-state index contributed by atoms with van der Waals surface area (Å²) in [4.78, 5) is 19.8. The van der Waals surface area contributed by atoms with Crippen molar-refractivity contribution in [3.8, 4) is 22.8 Å². The van der Waals surface area contributed by atoms with Crippen molar-refractivity contribution in [2.45, 2.75) is 19.6 Å². The van der Waals surface area contributed by atoms with Crippen LogP contribution in [0.5, 0.6) is 11.5 Å². The van der Waals surface area contributed by atoms with Crippen LogP contribution in [0.25, 0.3) is 22.2 Å². The summed E-state index contributed by atoms with van der Waals surface area (Å²) in [5.41, 5.74) is 5.44. The predicted molar refractivity (Wildman–Crippen MR) is 186 cm³/mol. The highest BCUT2D eigenvalue weighted by molar-refractivity contribution is 7.71. The van der Waals surface area contributed by atoms with E-state index in [1.165, 1.54) is 35.3 Å². The molecule has 0 unspecified atom stereocenters. The fourth-order valence-electron chi connectivity index (χ4n) is 4.95. The summed E-state index contributed by atoms with van der Waals surface area (Å²) in [7, 11) is -0.792. The molecule has 0 atom stereocenters. The Labute approximate surface area is 286 Å². The van der Waals surface area contributed by atoms with Crippen molar-refractivity contribution in [1.29, 1.82) is 0 Å². The Morgan fingerprint density at radius 3 is 2.69 bits per heavy atom. The van der Waals surface area contributed by atoms with Crippen molar-refractivity contribution in [3.05, 3.63) is 118 Å². The predicted octanol–water partition coefficient (Wildman–Crippen LogP) is 6.96. The fraction of sp³-hybridized carbons (Fsp3) is 0.147. The van der Waals surface area contributed by atoms with Crippen molar-refractivity contribution in [2.24, 2.45) is 0 Å². The Balaban J connectivity index is 1.22. The van der Waals surface area contributed by atoms with Crippen LogP contribution in [0.15, 0.2) is 90.7 Å². The number of ether oxygens (including phenoxy) is 2. The number of halogens is 2. The van der Waals surface area contributed by atoms with E-state index in [2.05, 4.69) is 20.3 Å². The number of rotatable bonds is 13. The number of benzene rings is 3. The summed E-state index contributed by atoms with van der Waals surface area (Å²) in [5.74, 6) is 1.24. The van der Waals surface area contributed by atoms with E-state index in [1.807, 2.05) is 41.8 Å². The van der Waals surface area contributed by atoms with Gasteiger partial charge in [0.25, 0.3) is 0 Å². The second-order valence-electron chi connectivity index (χ2n) is 10.5. The summed E-state index contributed by atoms with van der Waals surface area (Å²) in [6.45, 7) is 0.930. The first kappa shape index (κ1) is 33.0. The van der Waals surface area contributed by atoms with Crippen LogP contribution in [0.3, 0.4) is 0 Å². The number of nitrogens with zero attached hydrogens (tertiary/aromatic N) is 5. The average Bonchev–Trinajstić information content (AvgIpc) is 3.55. The number of pyridine rings is 1. The molecule has 0 saturated heterocycles. The number of hydrogen-bond donors (Lipinski definition) is 1. The molecule has 6 rings (SSSR count). The molecule has 14 heteroatoms. The molecule has 0 saturated carbocycles. The average molecular weight is 703 g/mol. The van der Waals surface area contributed by atoms with Gasteiger partial charge in [-0.05, 0) is 54.1 Å². The van der Waals surface area contributed by atoms with Gasteiger partial charge in [0.1, 0.15) is 46.6 Å². The molecule has 0 bridgehead atoms. The van der Waals surface area contributed by atoms with E-state index in [0.29, 0.717) is 64.3 Å². The topological polar surface area (TPSA) is 119 Å². The number of hydrogen-bond acceptors (Lipinski definition) is 10. The molecule has 0 radical (unpaired) electrons. The Bertz CT molecular complexity index is 2190. The second kappa shape index (κ2) is 15.3. The second-order valence-corrected chi connectivity index (χ2v) is 12.6. The first-order valence-corrected chi connectivity index (χ1v) is 17.0. The van der Waals surface area contributed by atoms with E-state index in [1.54, 1.807) is 42.5 Å². The van der Waals surface area contributed by atoms with Gasteiger partial charge in [-0.25, -0.2) is 19.3 Å². The zero-order valence-electron chi connectivity index (χ0n) is 25.5. The van der Waals surface area contributed by atoms with Crippen molar-refractivity contribution >= 4 is 61.1 Å². The third-order valence-electron chi connectivity index (χ3n) is 7.22. The summed E-state index contributed by atoms with van der Waals surface area (Å²) in [5, 5.41) is 7.04. The Hall–Kier alpha value is -4.95. The van der Waals surface area contributed by atoms with Crippen LogP contribution in [0.2, 0.25) is 5.02 Å². The van der Waals surface area contributed by atoms with Gasteiger partial charge in [0.15, 0.2) is 0 Å². The van der Waals surface area contributed by atoms with Gasteiger partial charge in [-0.2, -0.15) is 8.42 Å². The van der Waals surface area contributed by atoms with Gasteiger partial charge in [-0.1, -0.05) is 29.8 Å². The fourth-order valence-corrected chi connectivity index (χ4v) is 6.43. The van der Waals surface area contributed by atoms with Gasteiger partial charge < -0.3 is 14.8 Å². The number of fused-ring (bicyclic) bond motifs is 1. The normalized spacial score (nSPS) is 11.1. The maximum Gasteiger partial charge on any atom is 0.225 e.